The molecule has 0 N–H and O–H groups in total. The van der Waals surface area contributed by atoms with Crippen LogP contribution in [0.4, 0.5) is 0 Å². The van der Waals surface area contributed by atoms with Crippen LogP contribution in [-0.2, 0) is 34.3 Å². The lowest BCUT2D eigenvalue weighted by Crippen LogP contribution is -2.45. The van der Waals surface area contributed by atoms with Gasteiger partial charge in [0.2, 0.25) is 0 Å². The third kappa shape index (κ3) is 7.08. The van der Waals surface area contributed by atoms with Gasteiger partial charge < -0.3 is 27.1 Å². The molecule has 0 amide bonds. The molecule has 210 valence electrons. The molecule has 0 radical (unpaired) electrons. The summed E-state index contributed by atoms with van der Waals surface area (Å²) in [6.07, 6.45) is 0. The summed E-state index contributed by atoms with van der Waals surface area (Å²) >= 11 is 0. The molecule has 0 atom stereocenters. The molecule has 2 saturated heterocycles. The number of hydrogen-bond donors (Lipinski definition) is 0. The first-order chi connectivity index (χ1) is 17.6. The SMILES string of the molecule is Cc1cc(C(C)(C)C)ccc1OP1OCC2(CO1)COP(Oc1ccc(C(C)(C)C)cc1C(C)(C)C)OC2. The van der Waals surface area contributed by atoms with Crippen molar-refractivity contribution in [3.8, 4) is 11.5 Å². The third-order valence-electron chi connectivity index (χ3n) is 6.94. The van der Waals surface area contributed by atoms with Crippen LogP contribution in [0.5, 0.6) is 11.5 Å². The Hall–Kier alpha value is -1.26. The summed E-state index contributed by atoms with van der Waals surface area (Å²) in [5.74, 6) is 1.61. The van der Waals surface area contributed by atoms with Gasteiger partial charge in [0.05, 0.1) is 31.8 Å². The Labute approximate surface area is 231 Å². The van der Waals surface area contributed by atoms with Crippen LogP contribution in [0.2, 0.25) is 0 Å². The molecule has 0 unspecified atom stereocenters. The number of aryl methyl sites for hydroxylation is 1. The van der Waals surface area contributed by atoms with Crippen molar-refractivity contribution in [2.75, 3.05) is 26.4 Å². The van der Waals surface area contributed by atoms with Gasteiger partial charge >= 0.3 is 17.2 Å². The van der Waals surface area contributed by atoms with Crippen LogP contribution in [0.1, 0.15) is 84.6 Å². The quantitative estimate of drug-likeness (QED) is 0.347. The van der Waals surface area contributed by atoms with Crippen LogP contribution in [0, 0.1) is 12.3 Å². The Morgan fingerprint density at radius 1 is 0.605 bits per heavy atom. The van der Waals surface area contributed by atoms with E-state index in [0.29, 0.717) is 26.4 Å². The van der Waals surface area contributed by atoms with Crippen molar-refractivity contribution in [2.24, 2.45) is 5.41 Å². The lowest BCUT2D eigenvalue weighted by atomic mass is 9.80. The minimum atomic E-state index is -1.51. The zero-order chi connectivity index (χ0) is 27.9. The first kappa shape index (κ1) is 29.7. The maximum Gasteiger partial charge on any atom is 0.397 e. The molecule has 0 bridgehead atoms. The van der Waals surface area contributed by atoms with Crippen molar-refractivity contribution in [1.82, 2.24) is 0 Å². The molecular formula is C30H44O6P2. The first-order valence-electron chi connectivity index (χ1n) is 13.3. The number of hydrogen-bond acceptors (Lipinski definition) is 6. The monoisotopic (exact) mass is 562 g/mol. The molecule has 0 aromatic heterocycles. The van der Waals surface area contributed by atoms with Gasteiger partial charge in [-0.15, -0.1) is 0 Å². The Morgan fingerprint density at radius 3 is 1.45 bits per heavy atom. The van der Waals surface area contributed by atoms with E-state index in [1.165, 1.54) is 11.1 Å². The molecule has 2 fully saturated rings. The van der Waals surface area contributed by atoms with Crippen molar-refractivity contribution in [3.63, 3.8) is 0 Å². The van der Waals surface area contributed by atoms with E-state index in [4.69, 9.17) is 27.1 Å². The second-order valence-corrected chi connectivity index (χ2v) is 16.0. The van der Waals surface area contributed by atoms with Crippen LogP contribution in [0.15, 0.2) is 36.4 Å². The highest BCUT2D eigenvalue weighted by Gasteiger charge is 2.45. The molecule has 2 aromatic rings. The molecule has 0 saturated carbocycles. The van der Waals surface area contributed by atoms with Crippen LogP contribution in [0.25, 0.3) is 0 Å². The van der Waals surface area contributed by atoms with Gasteiger partial charge in [0.25, 0.3) is 0 Å². The van der Waals surface area contributed by atoms with E-state index < -0.39 is 17.2 Å². The van der Waals surface area contributed by atoms with Gasteiger partial charge in [-0.1, -0.05) is 86.6 Å². The summed E-state index contributed by atoms with van der Waals surface area (Å²) in [6, 6.07) is 12.7. The third-order valence-corrected chi connectivity index (χ3v) is 9.00. The summed E-state index contributed by atoms with van der Waals surface area (Å²) in [7, 11) is -2.98. The van der Waals surface area contributed by atoms with E-state index in [9.17, 15) is 0 Å². The maximum atomic E-state index is 6.28. The van der Waals surface area contributed by atoms with Crippen LogP contribution >= 0.6 is 17.2 Å². The average Bonchev–Trinajstić information content (AvgIpc) is 2.81. The average molecular weight is 563 g/mol. The van der Waals surface area contributed by atoms with Crippen LogP contribution < -0.4 is 9.05 Å². The molecule has 1 spiro atoms. The molecular weight excluding hydrogens is 518 g/mol. The molecule has 4 rings (SSSR count). The highest BCUT2D eigenvalue weighted by molar-refractivity contribution is 7.42. The zero-order valence-electron chi connectivity index (χ0n) is 24.6. The van der Waals surface area contributed by atoms with Crippen molar-refractivity contribution >= 4 is 17.2 Å². The van der Waals surface area contributed by atoms with E-state index in [1.54, 1.807) is 0 Å². The minimum absolute atomic E-state index is 0.0623. The lowest BCUT2D eigenvalue weighted by molar-refractivity contribution is -0.0673. The van der Waals surface area contributed by atoms with E-state index in [1.807, 2.05) is 12.1 Å². The largest absolute Gasteiger partial charge is 0.426 e. The van der Waals surface area contributed by atoms with Gasteiger partial charge in [-0.3, -0.25) is 0 Å². The second-order valence-electron chi connectivity index (χ2n) is 13.7. The lowest BCUT2D eigenvalue weighted by Gasteiger charge is -2.41. The van der Waals surface area contributed by atoms with Crippen molar-refractivity contribution in [3.05, 3.63) is 58.7 Å². The zero-order valence-corrected chi connectivity index (χ0v) is 26.4. The van der Waals surface area contributed by atoms with Crippen molar-refractivity contribution < 1.29 is 27.1 Å². The summed E-state index contributed by atoms with van der Waals surface area (Å²) in [5, 5.41) is 0. The predicted octanol–water partition coefficient (Wildman–Crippen LogP) is 8.88. The highest BCUT2D eigenvalue weighted by atomic mass is 31.2. The highest BCUT2D eigenvalue weighted by Crippen LogP contribution is 2.54. The Morgan fingerprint density at radius 2 is 1.03 bits per heavy atom. The standard InChI is InChI=1S/C30H44O6P2/c1-21-15-22(27(2,3)4)11-13-25(21)35-37-31-17-30(18-32-37)19-33-38(34-20-30)36-26-14-12-23(28(5,6)7)16-24(26)29(8,9)10/h11-16H,17-20H2,1-10H3. The molecule has 8 heteroatoms. The second kappa shape index (κ2) is 11.0. The number of benzene rings is 2. The molecule has 2 aromatic carbocycles. The Bertz CT molecular complexity index is 1110. The van der Waals surface area contributed by atoms with E-state index >= 15 is 0 Å². The first-order valence-corrected chi connectivity index (χ1v) is 15.5. The summed E-state index contributed by atoms with van der Waals surface area (Å²) in [4.78, 5) is 0. The Balaban J connectivity index is 1.33. The van der Waals surface area contributed by atoms with Gasteiger partial charge in [0.1, 0.15) is 11.5 Å². The molecule has 6 nitrogen and oxygen atoms in total. The molecule has 2 aliphatic heterocycles. The van der Waals surface area contributed by atoms with Gasteiger partial charge in [-0.2, -0.15) is 0 Å². The summed E-state index contributed by atoms with van der Waals surface area (Å²) in [5.41, 5.74) is 4.49. The number of rotatable bonds is 4. The minimum Gasteiger partial charge on any atom is -0.426 e. The topological polar surface area (TPSA) is 55.4 Å². The molecule has 0 aliphatic carbocycles. The molecule has 2 aliphatic rings. The van der Waals surface area contributed by atoms with Crippen molar-refractivity contribution in [1.29, 1.82) is 0 Å². The van der Waals surface area contributed by atoms with Crippen LogP contribution in [-0.4, -0.2) is 26.4 Å². The maximum absolute atomic E-state index is 6.28. The molecule has 2 heterocycles. The normalized spacial score (nSPS) is 24.9. The van der Waals surface area contributed by atoms with Gasteiger partial charge in [0.15, 0.2) is 0 Å². The smallest absolute Gasteiger partial charge is 0.397 e. The van der Waals surface area contributed by atoms with Crippen molar-refractivity contribution in [2.45, 2.75) is 85.5 Å². The molecule has 38 heavy (non-hydrogen) atoms. The van der Waals surface area contributed by atoms with Gasteiger partial charge in [-0.05, 0) is 52.0 Å². The summed E-state index contributed by atoms with van der Waals surface area (Å²) in [6.45, 7) is 23.7. The fourth-order valence-corrected chi connectivity index (χ4v) is 6.79. The van der Waals surface area contributed by atoms with Gasteiger partial charge in [-0.25, -0.2) is 0 Å². The van der Waals surface area contributed by atoms with Crippen LogP contribution in [0.3, 0.4) is 0 Å². The van der Waals surface area contributed by atoms with Gasteiger partial charge in [0, 0.05) is 5.56 Å². The Kier molecular flexibility index (Phi) is 8.57. The van der Waals surface area contributed by atoms with E-state index in [0.717, 1.165) is 22.6 Å². The summed E-state index contributed by atoms with van der Waals surface area (Å²) < 4.78 is 36.6. The predicted molar refractivity (Wildman–Crippen MR) is 155 cm³/mol. The van der Waals surface area contributed by atoms with E-state index in [-0.39, 0.29) is 21.7 Å². The van der Waals surface area contributed by atoms with E-state index in [2.05, 4.69) is 93.5 Å². The fourth-order valence-electron chi connectivity index (χ4n) is 4.23. The fraction of sp³-hybridized carbons (Fsp3) is 0.600.